The summed E-state index contributed by atoms with van der Waals surface area (Å²) in [4.78, 5) is 8.80. The molecular weight excluding hydrogens is 408 g/mol. The summed E-state index contributed by atoms with van der Waals surface area (Å²) in [6.07, 6.45) is 3.55. The third-order valence-electron chi connectivity index (χ3n) is 5.64. The summed E-state index contributed by atoms with van der Waals surface area (Å²) in [5, 5.41) is 0. The average Bonchev–Trinajstić information content (AvgIpc) is 2.95. The Morgan fingerprint density at radius 2 is 1.39 bits per heavy atom. The maximum absolute atomic E-state index is 4.40. The largest absolute Gasteiger partial charge is 0.237 e. The number of fused-ring (bicyclic) bond motifs is 3. The monoisotopic (exact) mass is 426 g/mol. The second-order valence-corrected chi connectivity index (χ2v) is 8.65. The van der Waals surface area contributed by atoms with Crippen LogP contribution in [0.1, 0.15) is 25.0 Å². The molecule has 0 atom stereocenters. The van der Waals surface area contributed by atoms with Crippen molar-refractivity contribution >= 4 is 15.9 Å². The standard InChI is InChI=1S/C25H19BrN2/c1-25(2)22-7-4-3-6-20(22)21-9-8-16(15-23(21)25)17-12-18(14-19(26)13-17)24-27-10-5-11-28-24/h3-15H,1-2H3. The molecule has 0 saturated carbocycles. The number of rotatable bonds is 2. The Labute approximate surface area is 173 Å². The molecule has 0 bridgehead atoms. The highest BCUT2D eigenvalue weighted by atomic mass is 79.9. The normalized spacial score (nSPS) is 13.8. The van der Waals surface area contributed by atoms with Crippen molar-refractivity contribution in [3.63, 3.8) is 0 Å². The van der Waals surface area contributed by atoms with Crippen molar-refractivity contribution in [2.24, 2.45) is 0 Å². The molecule has 3 heteroatoms. The molecule has 0 radical (unpaired) electrons. The maximum Gasteiger partial charge on any atom is 0.159 e. The molecule has 2 nitrogen and oxygen atoms in total. The van der Waals surface area contributed by atoms with E-state index >= 15 is 0 Å². The van der Waals surface area contributed by atoms with Gasteiger partial charge in [0.25, 0.3) is 0 Å². The van der Waals surface area contributed by atoms with Crippen LogP contribution in [0.5, 0.6) is 0 Å². The van der Waals surface area contributed by atoms with Crippen LogP contribution in [0.25, 0.3) is 33.6 Å². The molecule has 0 aliphatic heterocycles. The zero-order chi connectivity index (χ0) is 19.3. The summed E-state index contributed by atoms with van der Waals surface area (Å²) in [5.41, 5.74) is 8.84. The lowest BCUT2D eigenvalue weighted by Crippen LogP contribution is -2.14. The molecule has 3 aromatic carbocycles. The lowest BCUT2D eigenvalue weighted by molar-refractivity contribution is 0.660. The van der Waals surface area contributed by atoms with E-state index in [0.717, 1.165) is 21.4 Å². The van der Waals surface area contributed by atoms with E-state index in [1.54, 1.807) is 12.4 Å². The molecule has 1 aromatic heterocycles. The van der Waals surface area contributed by atoms with E-state index in [2.05, 4.69) is 100 Å². The van der Waals surface area contributed by atoms with Gasteiger partial charge in [0.2, 0.25) is 0 Å². The Hall–Kier alpha value is -2.78. The first-order chi connectivity index (χ1) is 13.5. The van der Waals surface area contributed by atoms with Crippen molar-refractivity contribution in [3.8, 4) is 33.6 Å². The highest BCUT2D eigenvalue weighted by molar-refractivity contribution is 9.10. The maximum atomic E-state index is 4.40. The third kappa shape index (κ3) is 2.70. The van der Waals surface area contributed by atoms with Crippen molar-refractivity contribution in [3.05, 3.63) is 94.7 Å². The molecule has 0 amide bonds. The Morgan fingerprint density at radius 1 is 0.679 bits per heavy atom. The van der Waals surface area contributed by atoms with E-state index in [4.69, 9.17) is 0 Å². The zero-order valence-corrected chi connectivity index (χ0v) is 17.4. The Bertz CT molecular complexity index is 1200. The molecule has 4 aromatic rings. The van der Waals surface area contributed by atoms with Crippen LogP contribution in [-0.2, 0) is 5.41 Å². The number of benzene rings is 3. The fraction of sp³-hybridized carbons (Fsp3) is 0.120. The smallest absolute Gasteiger partial charge is 0.159 e. The second-order valence-electron chi connectivity index (χ2n) is 7.73. The van der Waals surface area contributed by atoms with Crippen LogP contribution in [-0.4, -0.2) is 9.97 Å². The van der Waals surface area contributed by atoms with Crippen LogP contribution in [0.2, 0.25) is 0 Å². The van der Waals surface area contributed by atoms with E-state index < -0.39 is 0 Å². The molecular formula is C25H19BrN2. The van der Waals surface area contributed by atoms with E-state index in [9.17, 15) is 0 Å². The molecule has 0 fully saturated rings. The molecule has 28 heavy (non-hydrogen) atoms. The van der Waals surface area contributed by atoms with Crippen LogP contribution in [0.4, 0.5) is 0 Å². The van der Waals surface area contributed by atoms with Gasteiger partial charge in [0, 0.05) is 27.8 Å². The van der Waals surface area contributed by atoms with E-state index in [1.807, 2.05) is 6.07 Å². The van der Waals surface area contributed by atoms with Crippen LogP contribution in [0, 0.1) is 0 Å². The van der Waals surface area contributed by atoms with Gasteiger partial charge in [-0.2, -0.15) is 0 Å². The van der Waals surface area contributed by atoms with Gasteiger partial charge >= 0.3 is 0 Å². The Morgan fingerprint density at radius 3 is 2.21 bits per heavy atom. The summed E-state index contributed by atoms with van der Waals surface area (Å²) in [6.45, 7) is 4.62. The van der Waals surface area contributed by atoms with Gasteiger partial charge in [-0.1, -0.05) is 66.2 Å². The first kappa shape index (κ1) is 17.3. The van der Waals surface area contributed by atoms with Gasteiger partial charge in [-0.15, -0.1) is 0 Å². The minimum atomic E-state index is -0.000674. The molecule has 136 valence electrons. The van der Waals surface area contributed by atoms with E-state index in [1.165, 1.54) is 27.8 Å². The summed E-state index contributed by atoms with van der Waals surface area (Å²) < 4.78 is 1.02. The second kappa shape index (κ2) is 6.39. The van der Waals surface area contributed by atoms with Crippen molar-refractivity contribution in [2.75, 3.05) is 0 Å². The van der Waals surface area contributed by atoms with Crippen molar-refractivity contribution in [1.29, 1.82) is 0 Å². The summed E-state index contributed by atoms with van der Waals surface area (Å²) in [6, 6.07) is 23.8. The fourth-order valence-corrected chi connectivity index (χ4v) is 4.71. The number of hydrogen-bond acceptors (Lipinski definition) is 2. The predicted molar refractivity (Wildman–Crippen MR) is 118 cm³/mol. The fourth-order valence-electron chi connectivity index (χ4n) is 4.22. The lowest BCUT2D eigenvalue weighted by atomic mass is 9.81. The van der Waals surface area contributed by atoms with Crippen LogP contribution < -0.4 is 0 Å². The molecule has 1 aliphatic rings. The third-order valence-corrected chi connectivity index (χ3v) is 6.10. The number of halogens is 1. The van der Waals surface area contributed by atoms with E-state index in [0.29, 0.717) is 0 Å². The number of nitrogens with zero attached hydrogens (tertiary/aromatic N) is 2. The van der Waals surface area contributed by atoms with Gasteiger partial charge in [-0.25, -0.2) is 9.97 Å². The van der Waals surface area contributed by atoms with Crippen LogP contribution in [0.3, 0.4) is 0 Å². The molecule has 0 N–H and O–H groups in total. The molecule has 5 rings (SSSR count). The average molecular weight is 427 g/mol. The van der Waals surface area contributed by atoms with Gasteiger partial charge in [0.15, 0.2) is 5.82 Å². The highest BCUT2D eigenvalue weighted by Gasteiger charge is 2.35. The first-order valence-corrected chi connectivity index (χ1v) is 10.2. The number of aromatic nitrogens is 2. The molecule has 1 aliphatic carbocycles. The SMILES string of the molecule is CC1(C)c2ccccc2-c2ccc(-c3cc(Br)cc(-c4ncccn4)c3)cc21. The molecule has 0 unspecified atom stereocenters. The van der Waals surface area contributed by atoms with Crippen LogP contribution >= 0.6 is 15.9 Å². The van der Waals surface area contributed by atoms with Gasteiger partial charge < -0.3 is 0 Å². The Kier molecular flexibility index (Phi) is 3.95. The molecule has 0 saturated heterocycles. The molecule has 0 spiro atoms. The summed E-state index contributed by atoms with van der Waals surface area (Å²) in [5.74, 6) is 0.735. The Balaban J connectivity index is 1.65. The summed E-state index contributed by atoms with van der Waals surface area (Å²) in [7, 11) is 0. The van der Waals surface area contributed by atoms with Crippen molar-refractivity contribution < 1.29 is 0 Å². The molecule has 1 heterocycles. The lowest BCUT2D eigenvalue weighted by Gasteiger charge is -2.22. The highest BCUT2D eigenvalue weighted by Crippen LogP contribution is 2.49. The zero-order valence-electron chi connectivity index (χ0n) is 15.8. The van der Waals surface area contributed by atoms with Gasteiger partial charge in [-0.05, 0) is 63.7 Å². The summed E-state index contributed by atoms with van der Waals surface area (Å²) >= 11 is 3.66. The van der Waals surface area contributed by atoms with E-state index in [-0.39, 0.29) is 5.41 Å². The minimum Gasteiger partial charge on any atom is -0.237 e. The van der Waals surface area contributed by atoms with Gasteiger partial charge in [0.05, 0.1) is 0 Å². The van der Waals surface area contributed by atoms with Crippen molar-refractivity contribution in [2.45, 2.75) is 19.3 Å². The first-order valence-electron chi connectivity index (χ1n) is 9.37. The number of hydrogen-bond donors (Lipinski definition) is 0. The quantitative estimate of drug-likeness (QED) is 0.349. The topological polar surface area (TPSA) is 25.8 Å². The predicted octanol–water partition coefficient (Wildman–Crippen LogP) is 6.88. The van der Waals surface area contributed by atoms with Crippen molar-refractivity contribution in [1.82, 2.24) is 9.97 Å². The van der Waals surface area contributed by atoms with Crippen LogP contribution in [0.15, 0.2) is 83.6 Å². The van der Waals surface area contributed by atoms with Gasteiger partial charge in [-0.3, -0.25) is 0 Å². The van der Waals surface area contributed by atoms with Gasteiger partial charge in [0.1, 0.15) is 0 Å². The minimum absolute atomic E-state index is 0.000674.